The number of rotatable bonds is 4. The number of piperidine rings is 1. The number of hydrogen-bond donors (Lipinski definition) is 1. The van der Waals surface area contributed by atoms with Gasteiger partial charge in [-0.3, -0.25) is 9.69 Å². The molecule has 0 aromatic heterocycles. The maximum atomic E-state index is 13.6. The van der Waals surface area contributed by atoms with Crippen molar-refractivity contribution in [2.75, 3.05) is 13.1 Å². The molecule has 1 aromatic carbocycles. The summed E-state index contributed by atoms with van der Waals surface area (Å²) in [6, 6.07) is 4.53. The van der Waals surface area contributed by atoms with Crippen molar-refractivity contribution in [3.8, 4) is 0 Å². The second-order valence-electron chi connectivity index (χ2n) is 6.05. The molecular weight excluding hydrogens is 274 g/mol. The maximum absolute atomic E-state index is 13.6. The molecule has 1 saturated heterocycles. The molecule has 114 valence electrons. The van der Waals surface area contributed by atoms with Crippen LogP contribution in [0.5, 0.6) is 0 Å². The summed E-state index contributed by atoms with van der Waals surface area (Å²) in [6.07, 6.45) is 3.78. The van der Waals surface area contributed by atoms with Crippen LogP contribution in [0.2, 0.25) is 0 Å². The normalized spacial score (nSPS) is 20.5. The molecule has 3 nitrogen and oxygen atoms in total. The molecule has 0 atom stereocenters. The number of nitrogens with zero attached hydrogens (tertiary/aromatic N) is 1. The summed E-state index contributed by atoms with van der Waals surface area (Å²) in [7, 11) is 0. The zero-order valence-electron chi connectivity index (χ0n) is 11.9. The van der Waals surface area contributed by atoms with E-state index in [1.54, 1.807) is 6.07 Å². The van der Waals surface area contributed by atoms with E-state index in [1.807, 2.05) is 0 Å². The van der Waals surface area contributed by atoms with Crippen LogP contribution in [-0.4, -0.2) is 29.9 Å². The van der Waals surface area contributed by atoms with Crippen LogP contribution in [0.3, 0.4) is 0 Å². The van der Waals surface area contributed by atoms with Crippen molar-refractivity contribution in [1.29, 1.82) is 0 Å². The first-order chi connectivity index (χ1) is 10.1. The van der Waals surface area contributed by atoms with Crippen LogP contribution in [0.15, 0.2) is 18.2 Å². The van der Waals surface area contributed by atoms with Crippen molar-refractivity contribution in [1.82, 2.24) is 10.2 Å². The summed E-state index contributed by atoms with van der Waals surface area (Å²) < 4.78 is 26.8. The van der Waals surface area contributed by atoms with Crippen molar-refractivity contribution in [2.24, 2.45) is 5.92 Å². The van der Waals surface area contributed by atoms with Gasteiger partial charge in [-0.2, -0.15) is 0 Å². The number of benzene rings is 1. The van der Waals surface area contributed by atoms with E-state index in [0.29, 0.717) is 12.1 Å². The Morgan fingerprint density at radius 2 is 1.90 bits per heavy atom. The number of amides is 1. The zero-order chi connectivity index (χ0) is 14.8. The quantitative estimate of drug-likeness (QED) is 0.925. The van der Waals surface area contributed by atoms with E-state index in [-0.39, 0.29) is 17.9 Å². The Kier molecular flexibility index (Phi) is 4.19. The van der Waals surface area contributed by atoms with Crippen molar-refractivity contribution < 1.29 is 13.6 Å². The SMILES string of the molecule is O=C(NC1CCN(Cc2cccc(F)c2F)CC1)C1CC1. The average Bonchev–Trinajstić information content (AvgIpc) is 3.30. The highest BCUT2D eigenvalue weighted by Gasteiger charge is 2.31. The van der Waals surface area contributed by atoms with Crippen LogP contribution in [0.4, 0.5) is 8.78 Å². The molecule has 5 heteroatoms. The highest BCUT2D eigenvalue weighted by atomic mass is 19.2. The summed E-state index contributed by atoms with van der Waals surface area (Å²) in [4.78, 5) is 13.8. The van der Waals surface area contributed by atoms with Gasteiger partial charge in [0.05, 0.1) is 0 Å². The van der Waals surface area contributed by atoms with Crippen LogP contribution < -0.4 is 5.32 Å². The Morgan fingerprint density at radius 1 is 1.19 bits per heavy atom. The first kappa shape index (κ1) is 14.4. The lowest BCUT2D eigenvalue weighted by Gasteiger charge is -2.32. The van der Waals surface area contributed by atoms with E-state index in [2.05, 4.69) is 10.2 Å². The smallest absolute Gasteiger partial charge is 0.223 e. The topological polar surface area (TPSA) is 32.3 Å². The van der Waals surface area contributed by atoms with Gasteiger partial charge in [0.15, 0.2) is 11.6 Å². The molecule has 1 N–H and O–H groups in total. The Hall–Kier alpha value is -1.49. The Balaban J connectivity index is 1.49. The van der Waals surface area contributed by atoms with Crippen LogP contribution in [0.25, 0.3) is 0 Å². The van der Waals surface area contributed by atoms with Crippen LogP contribution in [0, 0.1) is 17.6 Å². The predicted octanol–water partition coefficient (Wildman–Crippen LogP) is 2.46. The Labute approximate surface area is 123 Å². The van der Waals surface area contributed by atoms with Crippen molar-refractivity contribution >= 4 is 5.91 Å². The molecule has 3 rings (SSSR count). The third-order valence-corrected chi connectivity index (χ3v) is 4.31. The summed E-state index contributed by atoms with van der Waals surface area (Å²) in [5.74, 6) is -1.12. The largest absolute Gasteiger partial charge is 0.353 e. The van der Waals surface area contributed by atoms with E-state index >= 15 is 0 Å². The van der Waals surface area contributed by atoms with Gasteiger partial charge in [0.2, 0.25) is 5.91 Å². The fourth-order valence-electron chi connectivity index (χ4n) is 2.81. The minimum atomic E-state index is -0.793. The molecule has 1 aromatic rings. The monoisotopic (exact) mass is 294 g/mol. The average molecular weight is 294 g/mol. The predicted molar refractivity (Wildman–Crippen MR) is 75.5 cm³/mol. The fourth-order valence-corrected chi connectivity index (χ4v) is 2.81. The second kappa shape index (κ2) is 6.10. The van der Waals surface area contributed by atoms with Gasteiger partial charge in [0, 0.05) is 37.2 Å². The van der Waals surface area contributed by atoms with Crippen LogP contribution in [-0.2, 0) is 11.3 Å². The lowest BCUT2D eigenvalue weighted by atomic mass is 10.0. The molecule has 0 spiro atoms. The molecule has 0 unspecified atom stereocenters. The highest BCUT2D eigenvalue weighted by molar-refractivity contribution is 5.81. The molecule has 21 heavy (non-hydrogen) atoms. The number of carbonyl (C=O) groups is 1. The van der Waals surface area contributed by atoms with Gasteiger partial charge >= 0.3 is 0 Å². The van der Waals surface area contributed by atoms with Gasteiger partial charge in [-0.25, -0.2) is 8.78 Å². The first-order valence-electron chi connectivity index (χ1n) is 7.59. The number of nitrogens with one attached hydrogen (secondary N) is 1. The van der Waals surface area contributed by atoms with Crippen LogP contribution >= 0.6 is 0 Å². The minimum absolute atomic E-state index is 0.185. The molecule has 1 heterocycles. The maximum Gasteiger partial charge on any atom is 0.223 e. The lowest BCUT2D eigenvalue weighted by molar-refractivity contribution is -0.123. The second-order valence-corrected chi connectivity index (χ2v) is 6.05. The molecule has 1 saturated carbocycles. The van der Waals surface area contributed by atoms with Gasteiger partial charge in [-0.1, -0.05) is 12.1 Å². The molecule has 2 aliphatic rings. The molecule has 0 bridgehead atoms. The van der Waals surface area contributed by atoms with Crippen molar-refractivity contribution in [3.05, 3.63) is 35.4 Å². The Bertz CT molecular complexity index is 523. The third kappa shape index (κ3) is 3.59. The van der Waals surface area contributed by atoms with E-state index in [1.165, 1.54) is 6.07 Å². The number of likely N-dealkylation sites (tertiary alicyclic amines) is 1. The summed E-state index contributed by atoms with van der Waals surface area (Å²) in [5, 5.41) is 3.09. The minimum Gasteiger partial charge on any atom is -0.353 e. The molecule has 1 aliphatic heterocycles. The van der Waals surface area contributed by atoms with E-state index in [9.17, 15) is 13.6 Å². The van der Waals surface area contributed by atoms with Gasteiger partial charge in [-0.05, 0) is 31.7 Å². The van der Waals surface area contributed by atoms with Crippen LogP contribution in [0.1, 0.15) is 31.2 Å². The summed E-state index contributed by atoms with van der Waals surface area (Å²) >= 11 is 0. The van der Waals surface area contributed by atoms with E-state index in [0.717, 1.165) is 44.8 Å². The molecule has 1 aliphatic carbocycles. The molecule has 2 fully saturated rings. The molecule has 0 radical (unpaired) electrons. The first-order valence-corrected chi connectivity index (χ1v) is 7.59. The fraction of sp³-hybridized carbons (Fsp3) is 0.562. The molecular formula is C16H20F2N2O. The van der Waals surface area contributed by atoms with Gasteiger partial charge in [-0.15, -0.1) is 0 Å². The zero-order valence-corrected chi connectivity index (χ0v) is 11.9. The lowest BCUT2D eigenvalue weighted by Crippen LogP contribution is -2.44. The van der Waals surface area contributed by atoms with Gasteiger partial charge < -0.3 is 5.32 Å². The van der Waals surface area contributed by atoms with Gasteiger partial charge in [0.25, 0.3) is 0 Å². The third-order valence-electron chi connectivity index (χ3n) is 4.31. The van der Waals surface area contributed by atoms with Crippen molar-refractivity contribution in [3.63, 3.8) is 0 Å². The number of carbonyl (C=O) groups excluding carboxylic acids is 1. The van der Waals surface area contributed by atoms with Crippen molar-refractivity contribution in [2.45, 2.75) is 38.3 Å². The highest BCUT2D eigenvalue weighted by Crippen LogP contribution is 2.29. The van der Waals surface area contributed by atoms with Gasteiger partial charge in [0.1, 0.15) is 0 Å². The standard InChI is InChI=1S/C16H20F2N2O/c17-14-3-1-2-12(15(14)18)10-20-8-6-13(7-9-20)19-16(21)11-4-5-11/h1-3,11,13H,4-10H2,(H,19,21). The van der Waals surface area contributed by atoms with E-state index in [4.69, 9.17) is 0 Å². The van der Waals surface area contributed by atoms with E-state index < -0.39 is 11.6 Å². The molecule has 1 amide bonds. The summed E-state index contributed by atoms with van der Waals surface area (Å²) in [5.41, 5.74) is 0.399. The Morgan fingerprint density at radius 3 is 2.57 bits per heavy atom. The number of hydrogen-bond acceptors (Lipinski definition) is 2. The summed E-state index contributed by atoms with van der Waals surface area (Å²) in [6.45, 7) is 2.02. The number of halogens is 2.